The van der Waals surface area contributed by atoms with Gasteiger partial charge >= 0.3 is 0 Å². The lowest BCUT2D eigenvalue weighted by Gasteiger charge is -2.07. The second-order valence-corrected chi connectivity index (χ2v) is 6.40. The third-order valence-corrected chi connectivity index (χ3v) is 4.40. The number of para-hydroxylation sites is 1. The molecule has 0 aliphatic carbocycles. The molecule has 9 nitrogen and oxygen atoms in total. The Morgan fingerprint density at radius 3 is 2.93 bits per heavy atom. The first-order chi connectivity index (χ1) is 13.7. The van der Waals surface area contributed by atoms with Crippen LogP contribution in [0.25, 0.3) is 5.65 Å². The van der Waals surface area contributed by atoms with E-state index >= 15 is 0 Å². The number of aromatic nitrogens is 4. The first kappa shape index (κ1) is 17.7. The zero-order valence-electron chi connectivity index (χ0n) is 14.2. The normalized spacial score (nSPS) is 10.6. The average molecular weight is 439 g/mol. The van der Waals surface area contributed by atoms with Gasteiger partial charge in [0.2, 0.25) is 5.69 Å². The molecule has 1 N–H and O–H groups in total. The number of hydrogen-bond acceptors (Lipinski definition) is 7. The maximum atomic E-state index is 12.5. The molecule has 0 unspecified atom stereocenters. The molecule has 0 saturated carbocycles. The van der Waals surface area contributed by atoms with Gasteiger partial charge in [-0.3, -0.25) is 4.79 Å². The van der Waals surface area contributed by atoms with E-state index in [9.17, 15) is 10.1 Å². The largest absolute Gasteiger partial charge is 0.484 e. The van der Waals surface area contributed by atoms with E-state index in [2.05, 4.69) is 36.5 Å². The van der Waals surface area contributed by atoms with Crippen LogP contribution in [0, 0.1) is 11.3 Å². The van der Waals surface area contributed by atoms with Gasteiger partial charge in [-0.15, -0.1) is 10.2 Å². The summed E-state index contributed by atoms with van der Waals surface area (Å²) in [6.07, 6.45) is 1.49. The topological polar surface area (TPSA) is 118 Å². The van der Waals surface area contributed by atoms with Crippen LogP contribution in [-0.4, -0.2) is 25.7 Å². The van der Waals surface area contributed by atoms with Gasteiger partial charge in [0.05, 0.1) is 10.7 Å². The van der Waals surface area contributed by atoms with Crippen LogP contribution in [0.3, 0.4) is 0 Å². The molecule has 0 aliphatic rings. The van der Waals surface area contributed by atoms with Crippen LogP contribution in [-0.2, 0) is 6.61 Å². The lowest BCUT2D eigenvalue weighted by Crippen LogP contribution is -2.17. The second-order valence-electron chi connectivity index (χ2n) is 5.55. The molecular formula is C18H11BrN6O3. The van der Waals surface area contributed by atoms with Crippen molar-refractivity contribution < 1.29 is 13.9 Å². The first-order valence-electron chi connectivity index (χ1n) is 8.03. The summed E-state index contributed by atoms with van der Waals surface area (Å²) in [5.41, 5.74) is 0.338. The number of furan rings is 1. The predicted octanol–water partition coefficient (Wildman–Crippen LogP) is 3.18. The van der Waals surface area contributed by atoms with Crippen LogP contribution in [0.15, 0.2) is 57.6 Å². The van der Waals surface area contributed by atoms with Gasteiger partial charge in [0, 0.05) is 6.07 Å². The maximum absolute atomic E-state index is 12.5. The number of halogens is 1. The van der Waals surface area contributed by atoms with Crippen molar-refractivity contribution in [3.8, 4) is 11.8 Å². The van der Waals surface area contributed by atoms with Gasteiger partial charge in [0.1, 0.15) is 24.2 Å². The fraction of sp³-hybridized carbons (Fsp3) is 0.0556. The van der Waals surface area contributed by atoms with E-state index < -0.39 is 5.91 Å². The van der Waals surface area contributed by atoms with E-state index in [0.29, 0.717) is 17.2 Å². The molecule has 0 saturated heterocycles. The minimum Gasteiger partial charge on any atom is -0.484 e. The molecule has 0 radical (unpaired) electrons. The van der Waals surface area contributed by atoms with Crippen LogP contribution in [0.2, 0.25) is 0 Å². The van der Waals surface area contributed by atoms with Crippen molar-refractivity contribution in [3.05, 3.63) is 70.3 Å². The van der Waals surface area contributed by atoms with Crippen LogP contribution in [0.1, 0.15) is 22.0 Å². The summed E-state index contributed by atoms with van der Waals surface area (Å²) in [5.74, 6) is 0.760. The number of benzene rings is 1. The summed E-state index contributed by atoms with van der Waals surface area (Å²) in [7, 11) is 0. The number of nitrogens with one attached hydrogen (secondary N) is 1. The SMILES string of the molecule is N#Cc1nnc2ccnn2c1NC(=O)c1ccc(COc2ccccc2Br)o1. The monoisotopic (exact) mass is 438 g/mol. The lowest BCUT2D eigenvalue weighted by atomic mass is 10.3. The van der Waals surface area contributed by atoms with Gasteiger partial charge in [-0.25, -0.2) is 0 Å². The minimum atomic E-state index is -0.548. The number of nitrogens with zero attached hydrogens (tertiary/aromatic N) is 5. The highest BCUT2D eigenvalue weighted by atomic mass is 79.9. The van der Waals surface area contributed by atoms with Crippen molar-refractivity contribution in [1.29, 1.82) is 5.26 Å². The van der Waals surface area contributed by atoms with Gasteiger partial charge < -0.3 is 14.5 Å². The summed E-state index contributed by atoms with van der Waals surface area (Å²) < 4.78 is 13.4. The van der Waals surface area contributed by atoms with Gasteiger partial charge in [0.25, 0.3) is 5.91 Å². The quantitative estimate of drug-likeness (QED) is 0.507. The van der Waals surface area contributed by atoms with Crippen molar-refractivity contribution >= 4 is 33.3 Å². The Morgan fingerprint density at radius 1 is 1.25 bits per heavy atom. The standard InChI is InChI=1S/C18H11BrN6O3/c19-12-3-1-2-4-14(12)27-10-11-5-6-15(28-11)18(26)22-17-13(9-20)23-24-16-7-8-21-25(16)17/h1-8H,10H2,(H,22,26). The molecule has 0 atom stereocenters. The van der Waals surface area contributed by atoms with E-state index in [-0.39, 0.29) is 23.9 Å². The van der Waals surface area contributed by atoms with Crippen LogP contribution in [0.5, 0.6) is 5.75 Å². The Hall–Kier alpha value is -3.71. The van der Waals surface area contributed by atoms with Crippen molar-refractivity contribution in [3.63, 3.8) is 0 Å². The van der Waals surface area contributed by atoms with Crippen molar-refractivity contribution in [1.82, 2.24) is 19.8 Å². The summed E-state index contributed by atoms with van der Waals surface area (Å²) in [4.78, 5) is 12.5. The Balaban J connectivity index is 1.50. The highest BCUT2D eigenvalue weighted by molar-refractivity contribution is 9.10. The Kier molecular flexibility index (Phi) is 4.74. The molecule has 28 heavy (non-hydrogen) atoms. The zero-order valence-corrected chi connectivity index (χ0v) is 15.8. The smallest absolute Gasteiger partial charge is 0.292 e. The molecule has 1 amide bonds. The van der Waals surface area contributed by atoms with E-state index in [1.165, 1.54) is 16.8 Å². The number of fused-ring (bicyclic) bond motifs is 1. The molecule has 0 spiro atoms. The Bertz CT molecular complexity index is 1210. The highest BCUT2D eigenvalue weighted by Crippen LogP contribution is 2.25. The van der Waals surface area contributed by atoms with Gasteiger partial charge in [0.15, 0.2) is 17.2 Å². The van der Waals surface area contributed by atoms with Gasteiger partial charge in [-0.1, -0.05) is 12.1 Å². The van der Waals surface area contributed by atoms with E-state index in [1.807, 2.05) is 30.3 Å². The van der Waals surface area contributed by atoms with E-state index in [0.717, 1.165) is 4.47 Å². The molecule has 10 heteroatoms. The summed E-state index contributed by atoms with van der Waals surface area (Å²) >= 11 is 3.40. The number of anilines is 1. The van der Waals surface area contributed by atoms with E-state index in [4.69, 9.17) is 9.15 Å². The number of ether oxygens (including phenoxy) is 1. The van der Waals surface area contributed by atoms with Crippen LogP contribution in [0.4, 0.5) is 5.82 Å². The summed E-state index contributed by atoms with van der Waals surface area (Å²) in [6.45, 7) is 0.152. The highest BCUT2D eigenvalue weighted by Gasteiger charge is 2.18. The molecule has 4 aromatic rings. The third-order valence-electron chi connectivity index (χ3n) is 3.74. The van der Waals surface area contributed by atoms with Crippen LogP contribution >= 0.6 is 15.9 Å². The number of amides is 1. The maximum Gasteiger partial charge on any atom is 0.292 e. The number of hydrogen-bond donors (Lipinski definition) is 1. The number of rotatable bonds is 5. The predicted molar refractivity (Wildman–Crippen MR) is 101 cm³/mol. The van der Waals surface area contributed by atoms with Crippen molar-refractivity contribution in [2.24, 2.45) is 0 Å². The summed E-state index contributed by atoms with van der Waals surface area (Å²) in [6, 6.07) is 14.1. The molecule has 3 aromatic heterocycles. The number of nitriles is 1. The molecule has 0 bridgehead atoms. The molecule has 138 valence electrons. The fourth-order valence-electron chi connectivity index (χ4n) is 2.44. The van der Waals surface area contributed by atoms with Crippen molar-refractivity contribution in [2.45, 2.75) is 6.61 Å². The average Bonchev–Trinajstić information content (AvgIpc) is 3.37. The van der Waals surface area contributed by atoms with E-state index in [1.54, 1.807) is 12.1 Å². The zero-order chi connectivity index (χ0) is 19.5. The fourth-order valence-corrected chi connectivity index (χ4v) is 2.84. The first-order valence-corrected chi connectivity index (χ1v) is 8.83. The Morgan fingerprint density at radius 2 is 2.11 bits per heavy atom. The molecular weight excluding hydrogens is 428 g/mol. The second kappa shape index (κ2) is 7.50. The molecule has 3 heterocycles. The number of carbonyl (C=O) groups excluding carboxylic acids is 1. The lowest BCUT2D eigenvalue weighted by molar-refractivity contribution is 0.0992. The minimum absolute atomic E-state index is 0.0615. The molecule has 0 fully saturated rings. The molecule has 0 aliphatic heterocycles. The molecule has 4 rings (SSSR count). The third kappa shape index (κ3) is 3.43. The number of carbonyl (C=O) groups is 1. The van der Waals surface area contributed by atoms with Gasteiger partial charge in [-0.2, -0.15) is 14.9 Å². The van der Waals surface area contributed by atoms with Crippen molar-refractivity contribution in [2.75, 3.05) is 5.32 Å². The van der Waals surface area contributed by atoms with Gasteiger partial charge in [-0.05, 0) is 40.2 Å². The summed E-state index contributed by atoms with van der Waals surface area (Å²) in [5, 5.41) is 23.5. The Labute approximate surface area is 166 Å². The van der Waals surface area contributed by atoms with Crippen LogP contribution < -0.4 is 10.1 Å². The molecule has 1 aromatic carbocycles.